The molecule has 0 spiro atoms. The largest absolute Gasteiger partial charge is 0.508 e. The van der Waals surface area contributed by atoms with Gasteiger partial charge in [0.15, 0.2) is 5.78 Å². The molecule has 0 saturated carbocycles. The number of Topliss-reactive ketones (excluding diaryl/α,β-unsaturated/α-hetero) is 1. The molecule has 0 aliphatic carbocycles. The zero-order chi connectivity index (χ0) is 14.2. The van der Waals surface area contributed by atoms with Crippen LogP contribution in [0.5, 0.6) is 11.5 Å². The Morgan fingerprint density at radius 2 is 1.95 bits per heavy atom. The second-order valence-corrected chi connectivity index (χ2v) is 4.53. The van der Waals surface area contributed by atoms with Gasteiger partial charge in [0, 0.05) is 23.0 Å². The Balaban J connectivity index is 2.69. The fourth-order valence-corrected chi connectivity index (χ4v) is 2.34. The van der Waals surface area contributed by atoms with Crippen LogP contribution >= 0.6 is 0 Å². The van der Waals surface area contributed by atoms with Gasteiger partial charge in [0.2, 0.25) is 0 Å². The molecule has 2 aromatic rings. The molecular formula is C15H17NO3. The minimum atomic E-state index is 0.0390. The van der Waals surface area contributed by atoms with Gasteiger partial charge in [0.05, 0.1) is 12.8 Å². The highest BCUT2D eigenvalue weighted by molar-refractivity contribution is 5.95. The van der Waals surface area contributed by atoms with Gasteiger partial charge < -0.3 is 14.4 Å². The Bertz CT molecular complexity index is 641. The highest BCUT2D eigenvalue weighted by Gasteiger charge is 2.16. The van der Waals surface area contributed by atoms with Gasteiger partial charge in [-0.15, -0.1) is 0 Å². The van der Waals surface area contributed by atoms with Gasteiger partial charge in [0.1, 0.15) is 11.5 Å². The van der Waals surface area contributed by atoms with E-state index in [1.54, 1.807) is 32.2 Å². The van der Waals surface area contributed by atoms with E-state index >= 15 is 0 Å². The van der Waals surface area contributed by atoms with Gasteiger partial charge in [-0.25, -0.2) is 0 Å². The van der Waals surface area contributed by atoms with Crippen LogP contribution in [0.15, 0.2) is 24.3 Å². The van der Waals surface area contributed by atoms with Gasteiger partial charge in [-0.1, -0.05) is 0 Å². The molecule has 4 nitrogen and oxygen atoms in total. The van der Waals surface area contributed by atoms with Crippen molar-refractivity contribution in [2.45, 2.75) is 20.8 Å². The molecule has 19 heavy (non-hydrogen) atoms. The lowest BCUT2D eigenvalue weighted by molar-refractivity contribution is 0.101. The number of benzene rings is 1. The lowest BCUT2D eigenvalue weighted by Gasteiger charge is -2.14. The van der Waals surface area contributed by atoms with Crippen LogP contribution in [-0.2, 0) is 0 Å². The van der Waals surface area contributed by atoms with Gasteiger partial charge in [-0.2, -0.15) is 0 Å². The molecule has 2 rings (SSSR count). The van der Waals surface area contributed by atoms with Crippen molar-refractivity contribution < 1.29 is 14.6 Å². The van der Waals surface area contributed by atoms with Gasteiger partial charge in [0.25, 0.3) is 0 Å². The van der Waals surface area contributed by atoms with Crippen molar-refractivity contribution in [3.63, 3.8) is 0 Å². The summed E-state index contributed by atoms with van der Waals surface area (Å²) in [5.41, 5.74) is 3.33. The third kappa shape index (κ3) is 2.21. The van der Waals surface area contributed by atoms with Crippen LogP contribution in [-0.4, -0.2) is 22.6 Å². The maximum absolute atomic E-state index is 11.6. The average molecular weight is 259 g/mol. The number of aromatic nitrogens is 1. The average Bonchev–Trinajstić information content (AvgIpc) is 2.65. The fraction of sp³-hybridized carbons (Fsp3) is 0.267. The molecule has 0 aliphatic heterocycles. The summed E-state index contributed by atoms with van der Waals surface area (Å²) in [6, 6.07) is 6.80. The topological polar surface area (TPSA) is 51.5 Å². The van der Waals surface area contributed by atoms with Crippen LogP contribution < -0.4 is 4.74 Å². The summed E-state index contributed by atoms with van der Waals surface area (Å²) in [7, 11) is 1.55. The molecule has 0 bridgehead atoms. The van der Waals surface area contributed by atoms with Gasteiger partial charge in [-0.3, -0.25) is 4.79 Å². The lowest BCUT2D eigenvalue weighted by atomic mass is 10.2. The van der Waals surface area contributed by atoms with Crippen molar-refractivity contribution in [3.05, 3.63) is 41.2 Å². The van der Waals surface area contributed by atoms with Crippen LogP contribution in [0.3, 0.4) is 0 Å². The molecule has 1 aromatic carbocycles. The van der Waals surface area contributed by atoms with Gasteiger partial charge >= 0.3 is 0 Å². The minimum Gasteiger partial charge on any atom is -0.508 e. The highest BCUT2D eigenvalue weighted by atomic mass is 16.5. The Labute approximate surface area is 112 Å². The van der Waals surface area contributed by atoms with E-state index < -0.39 is 0 Å². The summed E-state index contributed by atoms with van der Waals surface area (Å²) in [6.45, 7) is 5.39. The van der Waals surface area contributed by atoms with Crippen LogP contribution in [0.4, 0.5) is 0 Å². The number of methoxy groups -OCH3 is 1. The number of aryl methyl sites for hydroxylation is 1. The number of ether oxygens (including phenoxy) is 1. The SMILES string of the molecule is COc1cc(O)ccc1-n1c(C)cc(C(C)=O)c1C. The maximum atomic E-state index is 11.6. The summed E-state index contributed by atoms with van der Waals surface area (Å²) >= 11 is 0. The Morgan fingerprint density at radius 1 is 1.26 bits per heavy atom. The highest BCUT2D eigenvalue weighted by Crippen LogP contribution is 2.31. The molecule has 0 radical (unpaired) electrons. The van der Waals surface area contributed by atoms with Crippen molar-refractivity contribution in [1.29, 1.82) is 0 Å². The standard InChI is InChI=1S/C15H17NO3/c1-9-7-13(11(3)17)10(2)16(9)14-6-5-12(18)8-15(14)19-4/h5-8,18H,1-4H3. The second-order valence-electron chi connectivity index (χ2n) is 4.53. The molecule has 1 aromatic heterocycles. The first-order valence-electron chi connectivity index (χ1n) is 6.03. The third-order valence-electron chi connectivity index (χ3n) is 3.21. The Kier molecular flexibility index (Phi) is 3.34. The summed E-state index contributed by atoms with van der Waals surface area (Å²) in [6.07, 6.45) is 0. The van der Waals surface area contributed by atoms with Crippen LogP contribution in [0, 0.1) is 13.8 Å². The molecule has 0 fully saturated rings. The first-order chi connectivity index (χ1) is 8.95. The van der Waals surface area contributed by atoms with Crippen molar-refractivity contribution in [2.75, 3.05) is 7.11 Å². The maximum Gasteiger partial charge on any atom is 0.161 e. The predicted molar refractivity (Wildman–Crippen MR) is 73.5 cm³/mol. The van der Waals surface area contributed by atoms with E-state index in [1.807, 2.05) is 24.5 Å². The quantitative estimate of drug-likeness (QED) is 0.862. The molecule has 0 atom stereocenters. The predicted octanol–water partition coefficient (Wildman–Crippen LogP) is 3.01. The van der Waals surface area contributed by atoms with Crippen molar-refractivity contribution in [3.8, 4) is 17.2 Å². The lowest BCUT2D eigenvalue weighted by Crippen LogP contribution is -2.03. The number of nitrogens with zero attached hydrogens (tertiary/aromatic N) is 1. The third-order valence-corrected chi connectivity index (χ3v) is 3.21. The summed E-state index contributed by atoms with van der Waals surface area (Å²) < 4.78 is 7.25. The molecule has 1 N–H and O–H groups in total. The number of aromatic hydroxyl groups is 1. The van der Waals surface area contributed by atoms with Gasteiger partial charge in [-0.05, 0) is 39.0 Å². The van der Waals surface area contributed by atoms with Crippen LogP contribution in [0.2, 0.25) is 0 Å². The first kappa shape index (κ1) is 13.2. The van der Waals surface area contributed by atoms with E-state index in [-0.39, 0.29) is 11.5 Å². The van der Waals surface area contributed by atoms with Crippen LogP contribution in [0.1, 0.15) is 28.7 Å². The van der Waals surface area contributed by atoms with E-state index in [0.29, 0.717) is 11.3 Å². The number of rotatable bonds is 3. The van der Waals surface area contributed by atoms with E-state index in [2.05, 4.69) is 0 Å². The molecule has 4 heteroatoms. The number of phenolic OH excluding ortho intramolecular Hbond substituents is 1. The Hall–Kier alpha value is -2.23. The van der Waals surface area contributed by atoms with E-state index in [0.717, 1.165) is 17.1 Å². The first-order valence-corrected chi connectivity index (χ1v) is 6.03. The molecule has 100 valence electrons. The number of hydrogen-bond donors (Lipinski definition) is 1. The Morgan fingerprint density at radius 3 is 2.47 bits per heavy atom. The zero-order valence-corrected chi connectivity index (χ0v) is 11.5. The van der Waals surface area contributed by atoms with Crippen LogP contribution in [0.25, 0.3) is 5.69 Å². The molecule has 0 unspecified atom stereocenters. The minimum absolute atomic E-state index is 0.0390. The van der Waals surface area contributed by atoms with E-state index in [1.165, 1.54) is 0 Å². The zero-order valence-electron chi connectivity index (χ0n) is 11.5. The molecule has 0 amide bonds. The van der Waals surface area contributed by atoms with E-state index in [9.17, 15) is 9.90 Å². The van der Waals surface area contributed by atoms with Crippen molar-refractivity contribution >= 4 is 5.78 Å². The fourth-order valence-electron chi connectivity index (χ4n) is 2.34. The second kappa shape index (κ2) is 4.80. The summed E-state index contributed by atoms with van der Waals surface area (Å²) in [5.74, 6) is 0.754. The monoisotopic (exact) mass is 259 g/mol. The molecule has 0 aliphatic rings. The number of carbonyl (C=O) groups is 1. The normalized spacial score (nSPS) is 10.5. The number of phenols is 1. The number of hydrogen-bond acceptors (Lipinski definition) is 3. The van der Waals surface area contributed by atoms with Crippen molar-refractivity contribution in [2.24, 2.45) is 0 Å². The smallest absolute Gasteiger partial charge is 0.161 e. The number of carbonyl (C=O) groups excluding carboxylic acids is 1. The molecular weight excluding hydrogens is 242 g/mol. The molecule has 1 heterocycles. The molecule has 0 saturated heterocycles. The van der Waals surface area contributed by atoms with E-state index in [4.69, 9.17) is 4.74 Å². The number of ketones is 1. The summed E-state index contributed by atoms with van der Waals surface area (Å²) in [4.78, 5) is 11.6. The summed E-state index contributed by atoms with van der Waals surface area (Å²) in [5, 5.41) is 9.50. The van der Waals surface area contributed by atoms with Crippen molar-refractivity contribution in [1.82, 2.24) is 4.57 Å².